The van der Waals surface area contributed by atoms with Gasteiger partial charge in [0.25, 0.3) is 0 Å². The average Bonchev–Trinajstić information content (AvgIpc) is 2.84. The maximum atomic E-state index is 9.93. The molecule has 0 atom stereocenters. The number of anilines is 1. The summed E-state index contributed by atoms with van der Waals surface area (Å²) in [6.45, 7) is 0. The number of nitrogens with zero attached hydrogens (tertiary/aromatic N) is 1. The van der Waals surface area contributed by atoms with Crippen LogP contribution < -0.4 is 9.64 Å². The SMILES string of the molecule is COc1cc(/C=C2/SC(=S)N(c3cccc(Cl)c3)C2=S)cc(Br)c1O. The zero-order chi connectivity index (χ0) is 18.1. The van der Waals surface area contributed by atoms with E-state index in [1.165, 1.54) is 18.9 Å². The summed E-state index contributed by atoms with van der Waals surface area (Å²) in [5.41, 5.74) is 1.67. The van der Waals surface area contributed by atoms with E-state index in [2.05, 4.69) is 15.9 Å². The summed E-state index contributed by atoms with van der Waals surface area (Å²) < 4.78 is 6.37. The van der Waals surface area contributed by atoms with Crippen molar-refractivity contribution in [3.63, 3.8) is 0 Å². The van der Waals surface area contributed by atoms with E-state index in [4.69, 9.17) is 40.8 Å². The second-order valence-electron chi connectivity index (χ2n) is 5.05. The molecule has 0 unspecified atom stereocenters. The van der Waals surface area contributed by atoms with Gasteiger partial charge in [0.05, 0.1) is 16.5 Å². The fraction of sp³-hybridized carbons (Fsp3) is 0.0588. The number of methoxy groups -OCH3 is 1. The van der Waals surface area contributed by atoms with Gasteiger partial charge in [0.15, 0.2) is 15.8 Å². The predicted octanol–water partition coefficient (Wildman–Crippen LogP) is 6.02. The number of halogens is 2. The van der Waals surface area contributed by atoms with E-state index in [-0.39, 0.29) is 5.75 Å². The van der Waals surface area contributed by atoms with Gasteiger partial charge < -0.3 is 9.84 Å². The summed E-state index contributed by atoms with van der Waals surface area (Å²) >= 11 is 21.9. The maximum Gasteiger partial charge on any atom is 0.172 e. The Morgan fingerprint density at radius 1 is 1.28 bits per heavy atom. The molecule has 3 rings (SSSR count). The van der Waals surface area contributed by atoms with Gasteiger partial charge in [-0.2, -0.15) is 0 Å². The number of thiocarbonyl (C=S) groups is 2. The largest absolute Gasteiger partial charge is 0.503 e. The van der Waals surface area contributed by atoms with Crippen LogP contribution in [0, 0.1) is 0 Å². The first kappa shape index (κ1) is 18.7. The summed E-state index contributed by atoms with van der Waals surface area (Å²) in [6, 6.07) is 10.9. The Kier molecular flexibility index (Phi) is 5.70. The predicted molar refractivity (Wildman–Crippen MR) is 117 cm³/mol. The number of hydrogen-bond acceptors (Lipinski definition) is 5. The highest BCUT2D eigenvalue weighted by Gasteiger charge is 2.30. The Labute approximate surface area is 173 Å². The van der Waals surface area contributed by atoms with Crippen LogP contribution in [0.2, 0.25) is 5.02 Å². The third-order valence-corrected chi connectivity index (χ3v) is 6.12. The van der Waals surface area contributed by atoms with Crippen molar-refractivity contribution in [3.05, 3.63) is 56.4 Å². The molecule has 0 radical (unpaired) electrons. The molecule has 0 saturated carbocycles. The van der Waals surface area contributed by atoms with Crippen LogP contribution in [0.1, 0.15) is 5.56 Å². The quantitative estimate of drug-likeness (QED) is 0.434. The lowest BCUT2D eigenvalue weighted by molar-refractivity contribution is 0.372. The fourth-order valence-corrected chi connectivity index (χ4v) is 4.75. The molecule has 1 N–H and O–H groups in total. The van der Waals surface area contributed by atoms with Crippen LogP contribution in [0.25, 0.3) is 6.08 Å². The van der Waals surface area contributed by atoms with Crippen molar-refractivity contribution < 1.29 is 9.84 Å². The molecule has 1 aliphatic rings. The second kappa shape index (κ2) is 7.63. The van der Waals surface area contributed by atoms with Gasteiger partial charge >= 0.3 is 0 Å². The normalized spacial score (nSPS) is 16.0. The van der Waals surface area contributed by atoms with E-state index in [1.807, 2.05) is 29.2 Å². The molecule has 0 bridgehead atoms. The Morgan fingerprint density at radius 2 is 2.04 bits per heavy atom. The standard InChI is InChI=1S/C17H11BrClNO2S3/c1-22-13-6-9(5-12(18)15(13)21)7-14-16(23)20(17(24)25-14)11-4-2-3-10(19)8-11/h2-8,21H,1H3/b14-7+. The van der Waals surface area contributed by atoms with Crippen LogP contribution in [0.4, 0.5) is 5.69 Å². The molecular weight excluding hydrogens is 462 g/mol. The van der Waals surface area contributed by atoms with Crippen molar-refractivity contribution in [2.45, 2.75) is 0 Å². The minimum Gasteiger partial charge on any atom is -0.503 e. The third-order valence-electron chi connectivity index (χ3n) is 3.43. The molecule has 1 fully saturated rings. The first-order chi connectivity index (χ1) is 11.9. The van der Waals surface area contributed by atoms with Gasteiger partial charge in [0, 0.05) is 10.7 Å². The number of phenols is 1. The summed E-state index contributed by atoms with van der Waals surface area (Å²) in [6.07, 6.45) is 1.91. The fourth-order valence-electron chi connectivity index (χ4n) is 2.29. The minimum atomic E-state index is 0.0578. The van der Waals surface area contributed by atoms with E-state index < -0.39 is 0 Å². The van der Waals surface area contributed by atoms with Crippen LogP contribution >= 0.6 is 63.7 Å². The molecule has 2 aromatic carbocycles. The van der Waals surface area contributed by atoms with Crippen LogP contribution in [-0.4, -0.2) is 21.5 Å². The number of thioether (sulfide) groups is 1. The highest BCUT2D eigenvalue weighted by Crippen LogP contribution is 2.40. The van der Waals surface area contributed by atoms with E-state index >= 15 is 0 Å². The molecule has 25 heavy (non-hydrogen) atoms. The third kappa shape index (κ3) is 3.85. The van der Waals surface area contributed by atoms with Gasteiger partial charge in [-0.1, -0.05) is 53.9 Å². The first-order valence-corrected chi connectivity index (χ1v) is 9.81. The molecule has 0 spiro atoms. The second-order valence-corrected chi connectivity index (χ2v) is 8.40. The lowest BCUT2D eigenvalue weighted by atomic mass is 10.2. The number of benzene rings is 2. The Hall–Kier alpha value is -1.12. The first-order valence-electron chi connectivity index (χ1n) is 7.00. The number of phenolic OH excluding ortho intramolecular Hbond substituents is 1. The summed E-state index contributed by atoms with van der Waals surface area (Å²) in [5.74, 6) is 0.437. The molecular formula is C17H11BrClNO2S3. The van der Waals surface area contributed by atoms with Crippen molar-refractivity contribution >= 4 is 84.8 Å². The van der Waals surface area contributed by atoms with Crippen molar-refractivity contribution in [1.29, 1.82) is 0 Å². The number of hydrogen-bond donors (Lipinski definition) is 1. The minimum absolute atomic E-state index is 0.0578. The van der Waals surface area contributed by atoms with Gasteiger partial charge in [-0.05, 0) is 57.9 Å². The van der Waals surface area contributed by atoms with E-state index in [0.717, 1.165) is 16.2 Å². The monoisotopic (exact) mass is 471 g/mol. The molecule has 2 aromatic rings. The van der Waals surface area contributed by atoms with Crippen molar-refractivity contribution in [1.82, 2.24) is 0 Å². The molecule has 1 saturated heterocycles. The number of aromatic hydroxyl groups is 1. The summed E-state index contributed by atoms with van der Waals surface area (Å²) in [7, 11) is 1.50. The van der Waals surface area contributed by atoms with E-state index in [9.17, 15) is 5.11 Å². The molecule has 1 aliphatic heterocycles. The molecule has 8 heteroatoms. The highest BCUT2D eigenvalue weighted by molar-refractivity contribution is 9.10. The molecule has 3 nitrogen and oxygen atoms in total. The van der Waals surface area contributed by atoms with Crippen LogP contribution in [0.15, 0.2) is 45.8 Å². The van der Waals surface area contributed by atoms with Crippen LogP contribution in [0.3, 0.4) is 0 Å². The van der Waals surface area contributed by atoms with Gasteiger partial charge in [0.2, 0.25) is 0 Å². The van der Waals surface area contributed by atoms with E-state index in [1.54, 1.807) is 18.2 Å². The topological polar surface area (TPSA) is 32.7 Å². The van der Waals surface area contributed by atoms with E-state index in [0.29, 0.717) is 24.6 Å². The highest BCUT2D eigenvalue weighted by atomic mass is 79.9. The van der Waals surface area contributed by atoms with Gasteiger partial charge in [-0.15, -0.1) is 0 Å². The average molecular weight is 473 g/mol. The Balaban J connectivity index is 1.97. The smallest absolute Gasteiger partial charge is 0.172 e. The molecule has 128 valence electrons. The lowest BCUT2D eigenvalue weighted by Crippen LogP contribution is -2.25. The zero-order valence-corrected chi connectivity index (χ0v) is 17.6. The summed E-state index contributed by atoms with van der Waals surface area (Å²) in [4.78, 5) is 3.28. The van der Waals surface area contributed by atoms with Crippen molar-refractivity contribution in [2.75, 3.05) is 12.0 Å². The lowest BCUT2D eigenvalue weighted by Gasteiger charge is -2.16. The van der Waals surface area contributed by atoms with Gasteiger partial charge in [-0.25, -0.2) is 0 Å². The maximum absolute atomic E-state index is 9.93. The van der Waals surface area contributed by atoms with Gasteiger partial charge in [-0.3, -0.25) is 4.90 Å². The Morgan fingerprint density at radius 3 is 2.72 bits per heavy atom. The molecule has 0 aromatic heterocycles. The molecule has 0 amide bonds. The summed E-state index contributed by atoms with van der Waals surface area (Å²) in [5, 5.41) is 10.6. The molecule has 0 aliphatic carbocycles. The zero-order valence-electron chi connectivity index (χ0n) is 12.8. The van der Waals surface area contributed by atoms with Crippen LogP contribution in [0.5, 0.6) is 11.5 Å². The van der Waals surface area contributed by atoms with Gasteiger partial charge in [0.1, 0.15) is 4.99 Å². The van der Waals surface area contributed by atoms with Crippen molar-refractivity contribution in [2.24, 2.45) is 0 Å². The number of rotatable bonds is 3. The Bertz CT molecular complexity index is 917. The number of ether oxygens (including phenoxy) is 1. The van der Waals surface area contributed by atoms with Crippen molar-refractivity contribution in [3.8, 4) is 11.5 Å². The molecule has 1 heterocycles. The van der Waals surface area contributed by atoms with Crippen LogP contribution in [-0.2, 0) is 0 Å².